The first-order valence-corrected chi connectivity index (χ1v) is 10.8. The molecule has 0 saturated heterocycles. The molecule has 0 bridgehead atoms. The number of nitrogens with zero attached hydrogens (tertiary/aromatic N) is 3. The van der Waals surface area contributed by atoms with Gasteiger partial charge < -0.3 is 39.3 Å². The number of nitrogens with two attached hydrogens (primary N) is 5. The van der Waals surface area contributed by atoms with Gasteiger partial charge in [-0.25, -0.2) is 0 Å². The highest BCUT2D eigenvalue weighted by Gasteiger charge is 2.09. The Balaban J connectivity index is 4.06. The van der Waals surface area contributed by atoms with E-state index in [0.717, 1.165) is 85.1 Å². The Morgan fingerprint density at radius 1 is 0.357 bits per heavy atom. The Morgan fingerprint density at radius 2 is 0.679 bits per heavy atom. The first-order valence-electron chi connectivity index (χ1n) is 10.8. The minimum atomic E-state index is 0.671. The lowest BCUT2D eigenvalue weighted by atomic mass is 10.3. The van der Waals surface area contributed by atoms with Crippen LogP contribution in [0.15, 0.2) is 0 Å². The molecule has 0 heterocycles. The molecule has 28 heavy (non-hydrogen) atoms. The van der Waals surface area contributed by atoms with Gasteiger partial charge in [-0.15, -0.1) is 0 Å². The molecule has 10 nitrogen and oxygen atoms in total. The summed E-state index contributed by atoms with van der Waals surface area (Å²) in [6, 6.07) is 0. The molecule has 12 N–H and O–H groups in total. The van der Waals surface area contributed by atoms with Gasteiger partial charge in [-0.2, -0.15) is 0 Å². The zero-order chi connectivity index (χ0) is 20.9. The Bertz CT molecular complexity index is 302. The molecule has 0 rings (SSSR count). The van der Waals surface area contributed by atoms with Crippen molar-refractivity contribution in [1.29, 1.82) is 0 Å². The second-order valence-electron chi connectivity index (χ2n) is 6.97. The number of hydrogen-bond donors (Lipinski definition) is 7. The number of nitrogens with one attached hydrogen (secondary N) is 2. The molecule has 0 spiro atoms. The molecule has 0 saturated carbocycles. The average molecular weight is 405 g/mol. The van der Waals surface area contributed by atoms with E-state index in [9.17, 15) is 0 Å². The highest BCUT2D eigenvalue weighted by atomic mass is 15.2. The maximum Gasteiger partial charge on any atom is 0.0110 e. The summed E-state index contributed by atoms with van der Waals surface area (Å²) in [5.74, 6) is 0. The van der Waals surface area contributed by atoms with Gasteiger partial charge in [0, 0.05) is 118 Å². The van der Waals surface area contributed by atoms with Gasteiger partial charge in [-0.1, -0.05) is 0 Å². The maximum atomic E-state index is 5.80. The molecule has 0 aliphatic rings. The van der Waals surface area contributed by atoms with Crippen LogP contribution in [0.25, 0.3) is 0 Å². The summed E-state index contributed by atoms with van der Waals surface area (Å²) < 4.78 is 0. The molecule has 0 aliphatic carbocycles. The van der Waals surface area contributed by atoms with Crippen LogP contribution in [0.2, 0.25) is 0 Å². The van der Waals surface area contributed by atoms with E-state index in [0.29, 0.717) is 32.7 Å². The van der Waals surface area contributed by atoms with E-state index >= 15 is 0 Å². The van der Waals surface area contributed by atoms with Gasteiger partial charge in [-0.3, -0.25) is 14.7 Å². The van der Waals surface area contributed by atoms with Crippen LogP contribution in [0.5, 0.6) is 0 Å². The Kier molecular flexibility index (Phi) is 21.0. The third kappa shape index (κ3) is 16.5. The summed E-state index contributed by atoms with van der Waals surface area (Å²) in [5, 5.41) is 6.86. The molecule has 0 aromatic rings. The number of hydrogen-bond acceptors (Lipinski definition) is 10. The lowest BCUT2D eigenvalue weighted by Gasteiger charge is -2.27. The fourth-order valence-corrected chi connectivity index (χ4v) is 3.08. The maximum absolute atomic E-state index is 5.80. The average Bonchev–Trinajstić information content (AvgIpc) is 2.69. The van der Waals surface area contributed by atoms with Gasteiger partial charge in [0.05, 0.1) is 0 Å². The molecule has 0 unspecified atom stereocenters. The summed E-state index contributed by atoms with van der Waals surface area (Å²) in [5.41, 5.74) is 28.4. The van der Waals surface area contributed by atoms with Crippen molar-refractivity contribution in [2.75, 3.05) is 118 Å². The predicted molar refractivity (Wildman–Crippen MR) is 120 cm³/mol. The molecular weight excluding hydrogens is 356 g/mol. The molecule has 0 aromatic heterocycles. The topological polar surface area (TPSA) is 164 Å². The zero-order valence-electron chi connectivity index (χ0n) is 18.0. The van der Waals surface area contributed by atoms with Crippen LogP contribution in [-0.2, 0) is 0 Å². The fourth-order valence-electron chi connectivity index (χ4n) is 3.08. The van der Waals surface area contributed by atoms with Gasteiger partial charge in [0.25, 0.3) is 0 Å². The van der Waals surface area contributed by atoms with Crippen LogP contribution >= 0.6 is 0 Å². The Hall–Kier alpha value is -0.400. The molecule has 0 amide bonds. The van der Waals surface area contributed by atoms with Crippen molar-refractivity contribution in [1.82, 2.24) is 25.3 Å². The molecule has 0 atom stereocenters. The van der Waals surface area contributed by atoms with Crippen LogP contribution in [-0.4, -0.2) is 133 Å². The van der Waals surface area contributed by atoms with E-state index in [1.54, 1.807) is 0 Å². The molecular formula is C18H48N10. The highest BCUT2D eigenvalue weighted by Crippen LogP contribution is 1.92. The van der Waals surface area contributed by atoms with Gasteiger partial charge in [0.2, 0.25) is 0 Å². The second-order valence-corrected chi connectivity index (χ2v) is 6.97. The minimum Gasteiger partial charge on any atom is -0.329 e. The van der Waals surface area contributed by atoms with E-state index in [1.807, 2.05) is 0 Å². The Morgan fingerprint density at radius 3 is 1.00 bits per heavy atom. The number of rotatable bonds is 22. The summed E-state index contributed by atoms with van der Waals surface area (Å²) in [6.45, 7) is 15.7. The summed E-state index contributed by atoms with van der Waals surface area (Å²) in [4.78, 5) is 7.12. The molecule has 10 heteroatoms. The van der Waals surface area contributed by atoms with Crippen molar-refractivity contribution in [3.63, 3.8) is 0 Å². The van der Waals surface area contributed by atoms with Gasteiger partial charge in [0.1, 0.15) is 0 Å². The third-order valence-electron chi connectivity index (χ3n) is 4.65. The predicted octanol–water partition coefficient (Wildman–Crippen LogP) is -4.13. The summed E-state index contributed by atoms with van der Waals surface area (Å²) in [7, 11) is 0. The van der Waals surface area contributed by atoms with E-state index < -0.39 is 0 Å². The second kappa shape index (κ2) is 21.3. The summed E-state index contributed by atoms with van der Waals surface area (Å²) >= 11 is 0. The third-order valence-corrected chi connectivity index (χ3v) is 4.65. The highest BCUT2D eigenvalue weighted by molar-refractivity contribution is 4.68. The van der Waals surface area contributed by atoms with Crippen LogP contribution < -0.4 is 39.3 Å². The minimum absolute atomic E-state index is 0.671. The molecule has 0 aromatic carbocycles. The van der Waals surface area contributed by atoms with Gasteiger partial charge >= 0.3 is 0 Å². The Labute approximate surface area is 172 Å². The van der Waals surface area contributed by atoms with Gasteiger partial charge in [0.15, 0.2) is 0 Å². The smallest absolute Gasteiger partial charge is 0.0110 e. The van der Waals surface area contributed by atoms with Crippen molar-refractivity contribution < 1.29 is 0 Å². The fraction of sp³-hybridized carbons (Fsp3) is 1.00. The monoisotopic (exact) mass is 404 g/mol. The summed E-state index contributed by atoms with van der Waals surface area (Å²) in [6.07, 6.45) is 0. The van der Waals surface area contributed by atoms with E-state index in [-0.39, 0.29) is 0 Å². The van der Waals surface area contributed by atoms with Crippen molar-refractivity contribution in [2.45, 2.75) is 0 Å². The van der Waals surface area contributed by atoms with Crippen LogP contribution in [0.4, 0.5) is 0 Å². The zero-order valence-corrected chi connectivity index (χ0v) is 18.0. The lowest BCUT2D eigenvalue weighted by Crippen LogP contribution is -2.44. The molecule has 170 valence electrons. The molecule has 0 fully saturated rings. The molecule has 0 aliphatic heterocycles. The van der Waals surface area contributed by atoms with E-state index in [2.05, 4.69) is 25.3 Å². The van der Waals surface area contributed by atoms with Crippen molar-refractivity contribution in [3.05, 3.63) is 0 Å². The lowest BCUT2D eigenvalue weighted by molar-refractivity contribution is 0.208. The first-order chi connectivity index (χ1) is 13.7. The van der Waals surface area contributed by atoms with Crippen LogP contribution in [0, 0.1) is 0 Å². The van der Waals surface area contributed by atoms with Crippen molar-refractivity contribution in [3.8, 4) is 0 Å². The standard InChI is InChI=1S/C18H48N10/c19-1-6-24-7-15-27(12-4-22)17-18-28(13-5-23)16-9-25-8-14-26(10-2-20)11-3-21/h24-25H,1-23H2. The SMILES string of the molecule is NCCNCCN(CCN)CCN(CCN)CCNCCN(CCN)CCN. The van der Waals surface area contributed by atoms with Crippen LogP contribution in [0.3, 0.4) is 0 Å². The largest absolute Gasteiger partial charge is 0.329 e. The first kappa shape index (κ1) is 27.6. The molecule has 0 radical (unpaired) electrons. The van der Waals surface area contributed by atoms with Crippen LogP contribution in [0.1, 0.15) is 0 Å². The van der Waals surface area contributed by atoms with Crippen molar-refractivity contribution in [2.24, 2.45) is 28.7 Å². The van der Waals surface area contributed by atoms with Crippen molar-refractivity contribution >= 4 is 0 Å². The van der Waals surface area contributed by atoms with E-state index in [1.165, 1.54) is 0 Å². The normalized spacial score (nSPS) is 12.0. The quantitative estimate of drug-likeness (QED) is 0.0881. The van der Waals surface area contributed by atoms with E-state index in [4.69, 9.17) is 28.7 Å². The van der Waals surface area contributed by atoms with Gasteiger partial charge in [-0.05, 0) is 0 Å².